The van der Waals surface area contributed by atoms with Crippen LogP contribution in [0.5, 0.6) is 0 Å². The Morgan fingerprint density at radius 3 is 3.12 bits per heavy atom. The lowest BCUT2D eigenvalue weighted by Gasteiger charge is -2.40. The number of hydrogen-bond acceptors (Lipinski definition) is 2. The van der Waals surface area contributed by atoms with Gasteiger partial charge in [-0.05, 0) is 18.3 Å². The second kappa shape index (κ2) is 4.13. The van der Waals surface area contributed by atoms with Gasteiger partial charge in [0.1, 0.15) is 0 Å². The average molecular weight is 233 g/mol. The third-order valence-electron chi connectivity index (χ3n) is 4.60. The Morgan fingerprint density at radius 1 is 1.41 bits per heavy atom. The van der Waals surface area contributed by atoms with E-state index in [1.165, 1.54) is 37.1 Å². The summed E-state index contributed by atoms with van der Waals surface area (Å²) in [5, 5.41) is 3.40. The molecule has 2 heterocycles. The molecular formula is C14H23N3. The van der Waals surface area contributed by atoms with Crippen molar-refractivity contribution >= 4 is 0 Å². The van der Waals surface area contributed by atoms with Gasteiger partial charge in [-0.1, -0.05) is 26.7 Å². The van der Waals surface area contributed by atoms with Gasteiger partial charge >= 0.3 is 0 Å². The molecule has 0 bridgehead atoms. The number of hydrogen-bond donors (Lipinski definition) is 1. The van der Waals surface area contributed by atoms with Crippen molar-refractivity contribution in [1.82, 2.24) is 14.9 Å². The zero-order valence-corrected chi connectivity index (χ0v) is 11.0. The molecule has 3 nitrogen and oxygen atoms in total. The van der Waals surface area contributed by atoms with Crippen LogP contribution in [0.3, 0.4) is 0 Å². The standard InChI is InChI=1S/C14H23N3/c1-14(2)7-4-3-5-13(14)17-10-16-11-9-15-8-6-12(11)17/h10,13,15H,3-9H2,1-2H3. The Labute approximate surface area is 104 Å². The summed E-state index contributed by atoms with van der Waals surface area (Å²) in [6, 6.07) is 0.658. The van der Waals surface area contributed by atoms with E-state index in [0.29, 0.717) is 11.5 Å². The smallest absolute Gasteiger partial charge is 0.0955 e. The highest BCUT2D eigenvalue weighted by atomic mass is 15.1. The minimum atomic E-state index is 0.428. The number of aromatic nitrogens is 2. The van der Waals surface area contributed by atoms with Crippen molar-refractivity contribution in [2.45, 2.75) is 58.5 Å². The number of nitrogens with one attached hydrogen (secondary N) is 1. The molecule has 0 saturated heterocycles. The fourth-order valence-corrected chi connectivity index (χ4v) is 3.52. The lowest BCUT2D eigenvalue weighted by atomic mass is 9.73. The molecule has 0 radical (unpaired) electrons. The van der Waals surface area contributed by atoms with Gasteiger partial charge in [-0.25, -0.2) is 4.98 Å². The van der Waals surface area contributed by atoms with Crippen LogP contribution >= 0.6 is 0 Å². The summed E-state index contributed by atoms with van der Waals surface area (Å²) in [5.41, 5.74) is 3.19. The van der Waals surface area contributed by atoms with Gasteiger partial charge in [0.2, 0.25) is 0 Å². The van der Waals surface area contributed by atoms with E-state index >= 15 is 0 Å². The van der Waals surface area contributed by atoms with Crippen molar-refractivity contribution in [3.63, 3.8) is 0 Å². The number of rotatable bonds is 1. The summed E-state index contributed by atoms with van der Waals surface area (Å²) >= 11 is 0. The summed E-state index contributed by atoms with van der Waals surface area (Å²) in [5.74, 6) is 0. The van der Waals surface area contributed by atoms with E-state index in [1.54, 1.807) is 0 Å². The third-order valence-corrected chi connectivity index (χ3v) is 4.60. The second-order valence-electron chi connectivity index (χ2n) is 6.22. The molecular weight excluding hydrogens is 210 g/mol. The zero-order chi connectivity index (χ0) is 11.9. The second-order valence-corrected chi connectivity index (χ2v) is 6.22. The fraction of sp³-hybridized carbons (Fsp3) is 0.786. The molecule has 3 heteroatoms. The molecule has 0 aromatic carbocycles. The molecule has 1 aliphatic carbocycles. The topological polar surface area (TPSA) is 29.9 Å². The Bertz CT molecular complexity index is 406. The van der Waals surface area contributed by atoms with E-state index in [1.807, 2.05) is 0 Å². The highest BCUT2D eigenvalue weighted by Gasteiger charge is 2.35. The van der Waals surface area contributed by atoms with Gasteiger partial charge in [-0.3, -0.25) is 0 Å². The number of imidazole rings is 1. The van der Waals surface area contributed by atoms with Crippen molar-refractivity contribution in [3.8, 4) is 0 Å². The first-order valence-corrected chi connectivity index (χ1v) is 6.94. The van der Waals surface area contributed by atoms with Crippen LogP contribution in [-0.4, -0.2) is 16.1 Å². The van der Waals surface area contributed by atoms with Crippen molar-refractivity contribution in [2.75, 3.05) is 6.54 Å². The molecule has 1 unspecified atom stereocenters. The molecule has 94 valence electrons. The first-order chi connectivity index (χ1) is 8.18. The number of fused-ring (bicyclic) bond motifs is 1. The first-order valence-electron chi connectivity index (χ1n) is 6.94. The summed E-state index contributed by atoms with van der Waals surface area (Å²) in [6.07, 6.45) is 8.67. The monoisotopic (exact) mass is 233 g/mol. The van der Waals surface area contributed by atoms with E-state index in [9.17, 15) is 0 Å². The lowest BCUT2D eigenvalue weighted by molar-refractivity contribution is 0.141. The molecule has 1 aliphatic heterocycles. The van der Waals surface area contributed by atoms with Gasteiger partial charge in [0, 0.05) is 31.2 Å². The lowest BCUT2D eigenvalue weighted by Crippen LogP contribution is -2.33. The molecule has 0 spiro atoms. The Hall–Kier alpha value is -0.830. The Kier molecular flexibility index (Phi) is 2.74. The summed E-state index contributed by atoms with van der Waals surface area (Å²) < 4.78 is 2.50. The van der Waals surface area contributed by atoms with Gasteiger partial charge in [-0.2, -0.15) is 0 Å². The van der Waals surface area contributed by atoms with Crippen LogP contribution < -0.4 is 5.32 Å². The molecule has 1 aromatic heterocycles. The van der Waals surface area contributed by atoms with Crippen LogP contribution in [0.4, 0.5) is 0 Å². The third kappa shape index (κ3) is 1.90. The van der Waals surface area contributed by atoms with Crippen LogP contribution in [0.1, 0.15) is 57.0 Å². The maximum absolute atomic E-state index is 4.60. The SMILES string of the molecule is CC1(C)CCCCC1n1cnc2c1CCNC2. The van der Waals surface area contributed by atoms with Crippen molar-refractivity contribution in [2.24, 2.45) is 5.41 Å². The van der Waals surface area contributed by atoms with Crippen LogP contribution in [0, 0.1) is 5.41 Å². The molecule has 1 saturated carbocycles. The van der Waals surface area contributed by atoms with Gasteiger partial charge in [-0.15, -0.1) is 0 Å². The minimum Gasteiger partial charge on any atom is -0.331 e. The zero-order valence-electron chi connectivity index (χ0n) is 11.0. The number of nitrogens with zero attached hydrogens (tertiary/aromatic N) is 2. The highest BCUT2D eigenvalue weighted by molar-refractivity contribution is 5.18. The summed E-state index contributed by atoms with van der Waals surface area (Å²) in [6.45, 7) is 6.90. The fourth-order valence-electron chi connectivity index (χ4n) is 3.52. The molecule has 0 amide bonds. The van der Waals surface area contributed by atoms with E-state index < -0.39 is 0 Å². The quantitative estimate of drug-likeness (QED) is 0.808. The van der Waals surface area contributed by atoms with Crippen molar-refractivity contribution in [3.05, 3.63) is 17.7 Å². The van der Waals surface area contributed by atoms with E-state index in [2.05, 4.69) is 35.0 Å². The van der Waals surface area contributed by atoms with E-state index in [4.69, 9.17) is 0 Å². The van der Waals surface area contributed by atoms with Crippen LogP contribution in [0.2, 0.25) is 0 Å². The van der Waals surface area contributed by atoms with Crippen LogP contribution in [-0.2, 0) is 13.0 Å². The van der Waals surface area contributed by atoms with Crippen molar-refractivity contribution < 1.29 is 0 Å². The predicted molar refractivity (Wildman–Crippen MR) is 68.9 cm³/mol. The van der Waals surface area contributed by atoms with Crippen molar-refractivity contribution in [1.29, 1.82) is 0 Å². The van der Waals surface area contributed by atoms with Gasteiger partial charge in [0.15, 0.2) is 0 Å². The minimum absolute atomic E-state index is 0.428. The highest BCUT2D eigenvalue weighted by Crippen LogP contribution is 2.44. The molecule has 2 aliphatic rings. The largest absolute Gasteiger partial charge is 0.331 e. The normalized spacial score (nSPS) is 27.8. The Balaban J connectivity index is 1.95. The molecule has 1 fully saturated rings. The van der Waals surface area contributed by atoms with E-state index in [-0.39, 0.29) is 0 Å². The Morgan fingerprint density at radius 2 is 2.29 bits per heavy atom. The van der Waals surface area contributed by atoms with Crippen LogP contribution in [0.25, 0.3) is 0 Å². The molecule has 1 aromatic rings. The van der Waals surface area contributed by atoms with Crippen LogP contribution in [0.15, 0.2) is 6.33 Å². The van der Waals surface area contributed by atoms with E-state index in [0.717, 1.165) is 19.5 Å². The van der Waals surface area contributed by atoms with Gasteiger partial charge in [0.25, 0.3) is 0 Å². The maximum Gasteiger partial charge on any atom is 0.0955 e. The maximum atomic E-state index is 4.60. The van der Waals surface area contributed by atoms with Gasteiger partial charge < -0.3 is 9.88 Å². The first kappa shape index (κ1) is 11.3. The molecule has 17 heavy (non-hydrogen) atoms. The van der Waals surface area contributed by atoms with Gasteiger partial charge in [0.05, 0.1) is 12.0 Å². The molecule has 1 atom stereocenters. The predicted octanol–water partition coefficient (Wildman–Crippen LogP) is 2.67. The summed E-state index contributed by atoms with van der Waals surface area (Å²) in [4.78, 5) is 4.60. The molecule has 1 N–H and O–H groups in total. The average Bonchev–Trinajstić information content (AvgIpc) is 2.72. The molecule has 3 rings (SSSR count). The summed E-state index contributed by atoms with van der Waals surface area (Å²) in [7, 11) is 0.